The fraction of sp³-hybridized carbons (Fsp3) is 0.429. The predicted octanol–water partition coefficient (Wildman–Crippen LogP) is 5.83. The number of benzene rings is 2. The second kappa shape index (κ2) is 8.67. The summed E-state index contributed by atoms with van der Waals surface area (Å²) in [6.07, 6.45) is 1.92. The molecule has 1 aliphatic heterocycles. The normalized spacial score (nSPS) is 16.6. The van der Waals surface area contributed by atoms with Crippen molar-refractivity contribution < 1.29 is 9.47 Å². The van der Waals surface area contributed by atoms with E-state index in [1.54, 1.807) is 7.11 Å². The molecule has 1 saturated heterocycles. The molecule has 6 heteroatoms. The lowest BCUT2D eigenvalue weighted by Crippen LogP contribution is -2.47. The molecular weight excluding hydrogens is 424 g/mol. The zero-order valence-electron chi connectivity index (χ0n) is 21.0. The molecule has 0 saturated carbocycles. The number of ether oxygens (including phenoxy) is 2. The molecule has 0 aliphatic carbocycles. The Balaban J connectivity index is 1.74. The lowest BCUT2D eigenvalue weighted by Gasteiger charge is -2.38. The highest BCUT2D eigenvalue weighted by Gasteiger charge is 2.28. The van der Waals surface area contributed by atoms with E-state index in [1.165, 1.54) is 22.1 Å². The number of methoxy groups -OCH3 is 1. The van der Waals surface area contributed by atoms with Gasteiger partial charge >= 0.3 is 0 Å². The molecule has 6 nitrogen and oxygen atoms in total. The first-order valence-electron chi connectivity index (χ1n) is 12.1. The second-order valence-electron chi connectivity index (χ2n) is 10.3. The van der Waals surface area contributed by atoms with E-state index in [9.17, 15) is 0 Å². The number of aryl methyl sites for hydroxylation is 1. The van der Waals surface area contributed by atoms with Gasteiger partial charge in [0.05, 0.1) is 36.7 Å². The van der Waals surface area contributed by atoms with Gasteiger partial charge in [-0.05, 0) is 67.5 Å². The molecule has 0 amide bonds. The summed E-state index contributed by atoms with van der Waals surface area (Å²) in [6.45, 7) is 14.3. The lowest BCUT2D eigenvalue weighted by atomic mass is 9.89. The van der Waals surface area contributed by atoms with Crippen LogP contribution in [0.5, 0.6) is 5.75 Å². The van der Waals surface area contributed by atoms with Crippen molar-refractivity contribution in [3.8, 4) is 17.0 Å². The van der Waals surface area contributed by atoms with E-state index in [0.29, 0.717) is 5.92 Å². The van der Waals surface area contributed by atoms with Crippen molar-refractivity contribution in [3.05, 3.63) is 53.3 Å². The van der Waals surface area contributed by atoms with Gasteiger partial charge in [0.15, 0.2) is 0 Å². The van der Waals surface area contributed by atoms with Crippen LogP contribution < -0.4 is 4.74 Å². The van der Waals surface area contributed by atoms with Crippen LogP contribution in [-0.2, 0) is 11.3 Å². The topological polar surface area (TPSA) is 63.3 Å². The Morgan fingerprint density at radius 1 is 1.15 bits per heavy atom. The summed E-state index contributed by atoms with van der Waals surface area (Å²) in [6, 6.07) is 10.7. The highest BCUT2D eigenvalue weighted by atomic mass is 16.5. The number of pyridine rings is 1. The van der Waals surface area contributed by atoms with Crippen LogP contribution in [0.4, 0.5) is 0 Å². The zero-order valence-corrected chi connectivity index (χ0v) is 21.0. The molecule has 5 rings (SSSR count). The Kier molecular flexibility index (Phi) is 5.82. The number of nitrogens with one attached hydrogen (secondary N) is 1. The van der Waals surface area contributed by atoms with Gasteiger partial charge in [-0.3, -0.25) is 15.0 Å². The van der Waals surface area contributed by atoms with Gasteiger partial charge in [0.2, 0.25) is 0 Å². The van der Waals surface area contributed by atoms with Crippen LogP contribution >= 0.6 is 0 Å². The largest absolute Gasteiger partial charge is 0.497 e. The number of aromatic nitrogens is 3. The number of H-pyrrole nitrogens is 1. The van der Waals surface area contributed by atoms with Crippen LogP contribution in [0.15, 0.2) is 36.5 Å². The highest BCUT2D eigenvalue weighted by Crippen LogP contribution is 2.40. The zero-order chi connectivity index (χ0) is 24.0. The average molecular weight is 459 g/mol. The third-order valence-corrected chi connectivity index (χ3v) is 6.92. The van der Waals surface area contributed by atoms with Crippen LogP contribution in [0.1, 0.15) is 50.4 Å². The van der Waals surface area contributed by atoms with Crippen LogP contribution in [0.3, 0.4) is 0 Å². The summed E-state index contributed by atoms with van der Waals surface area (Å²) in [7, 11) is 1.73. The number of hydrogen-bond acceptors (Lipinski definition) is 5. The molecule has 0 spiro atoms. The molecule has 1 aliphatic rings. The second-order valence-corrected chi connectivity index (χ2v) is 10.3. The van der Waals surface area contributed by atoms with Crippen molar-refractivity contribution in [2.24, 2.45) is 0 Å². The first-order valence-corrected chi connectivity index (χ1v) is 12.1. The van der Waals surface area contributed by atoms with Crippen LogP contribution in [0, 0.1) is 6.92 Å². The number of morpholine rings is 1. The van der Waals surface area contributed by atoms with Gasteiger partial charge < -0.3 is 9.47 Å². The molecule has 0 unspecified atom stereocenters. The summed E-state index contributed by atoms with van der Waals surface area (Å²) in [5, 5.41) is 10.9. The average Bonchev–Trinajstić information content (AvgIpc) is 3.28. The number of rotatable bonds is 5. The van der Waals surface area contributed by atoms with Gasteiger partial charge in [-0.1, -0.05) is 19.9 Å². The van der Waals surface area contributed by atoms with Crippen molar-refractivity contribution in [1.82, 2.24) is 20.1 Å². The van der Waals surface area contributed by atoms with Crippen LogP contribution in [0.2, 0.25) is 0 Å². The van der Waals surface area contributed by atoms with Gasteiger partial charge in [0.1, 0.15) is 5.75 Å². The van der Waals surface area contributed by atoms with Crippen molar-refractivity contribution >= 4 is 21.7 Å². The minimum atomic E-state index is -0.143. The Bertz CT molecular complexity index is 1360. The van der Waals surface area contributed by atoms with E-state index in [1.807, 2.05) is 12.3 Å². The third-order valence-electron chi connectivity index (χ3n) is 6.92. The minimum absolute atomic E-state index is 0.143. The van der Waals surface area contributed by atoms with Crippen LogP contribution in [0.25, 0.3) is 32.9 Å². The van der Waals surface area contributed by atoms with E-state index in [4.69, 9.17) is 14.5 Å². The van der Waals surface area contributed by atoms with Gasteiger partial charge in [-0.2, -0.15) is 5.10 Å². The molecule has 178 valence electrons. The molecular formula is C28H34N4O2. The molecule has 1 fully saturated rings. The number of aromatic amines is 1. The maximum Gasteiger partial charge on any atom is 0.119 e. The maximum atomic E-state index is 5.95. The van der Waals surface area contributed by atoms with Gasteiger partial charge in [0.25, 0.3) is 0 Å². The number of hydrogen-bond donors (Lipinski definition) is 1. The molecule has 1 N–H and O–H groups in total. The van der Waals surface area contributed by atoms with E-state index >= 15 is 0 Å². The standard InChI is InChI=1S/C28H34N4O2/c1-17(2)20-9-10-25-23(14-29-31-25)26(20)27-21-8-7-19(33-6)13-22(21)24(18(3)30-27)15-32-11-12-34-28(4,5)16-32/h7-10,13-14,17H,11-12,15-16H2,1-6H3,(H,29,31). The van der Waals surface area contributed by atoms with E-state index in [0.717, 1.165) is 59.7 Å². The van der Waals surface area contributed by atoms with E-state index in [-0.39, 0.29) is 5.60 Å². The predicted molar refractivity (Wildman–Crippen MR) is 138 cm³/mol. The maximum absolute atomic E-state index is 5.95. The first-order chi connectivity index (χ1) is 16.3. The van der Waals surface area contributed by atoms with Crippen molar-refractivity contribution in [1.29, 1.82) is 0 Å². The van der Waals surface area contributed by atoms with Gasteiger partial charge in [-0.25, -0.2) is 0 Å². The Hall–Kier alpha value is -2.96. The van der Waals surface area contributed by atoms with Crippen LogP contribution in [-0.4, -0.2) is 52.5 Å². The number of nitrogens with zero attached hydrogens (tertiary/aromatic N) is 3. The quantitative estimate of drug-likeness (QED) is 0.408. The molecule has 2 aromatic carbocycles. The molecule has 0 atom stereocenters. The summed E-state index contributed by atoms with van der Waals surface area (Å²) >= 11 is 0. The highest BCUT2D eigenvalue weighted by molar-refractivity contribution is 6.05. The third kappa shape index (κ3) is 4.05. The summed E-state index contributed by atoms with van der Waals surface area (Å²) in [5.41, 5.74) is 6.64. The molecule has 2 aromatic heterocycles. The van der Waals surface area contributed by atoms with Gasteiger partial charge in [0, 0.05) is 41.7 Å². The summed E-state index contributed by atoms with van der Waals surface area (Å²) < 4.78 is 11.6. The van der Waals surface area contributed by atoms with E-state index in [2.05, 4.69) is 74.0 Å². The first kappa shape index (κ1) is 22.8. The Labute approximate surface area is 201 Å². The molecule has 0 radical (unpaired) electrons. The summed E-state index contributed by atoms with van der Waals surface area (Å²) in [4.78, 5) is 7.74. The fourth-order valence-corrected chi connectivity index (χ4v) is 5.24. The monoisotopic (exact) mass is 458 g/mol. The fourth-order valence-electron chi connectivity index (χ4n) is 5.24. The lowest BCUT2D eigenvalue weighted by molar-refractivity contribution is -0.0882. The Morgan fingerprint density at radius 3 is 2.71 bits per heavy atom. The molecule has 3 heterocycles. The number of fused-ring (bicyclic) bond motifs is 2. The minimum Gasteiger partial charge on any atom is -0.497 e. The molecule has 34 heavy (non-hydrogen) atoms. The molecule has 0 bridgehead atoms. The van der Waals surface area contributed by atoms with Crippen molar-refractivity contribution in [3.63, 3.8) is 0 Å². The van der Waals surface area contributed by atoms with E-state index < -0.39 is 0 Å². The Morgan fingerprint density at radius 2 is 1.97 bits per heavy atom. The van der Waals surface area contributed by atoms with Crippen molar-refractivity contribution in [2.45, 2.75) is 52.7 Å². The SMILES string of the molecule is COc1ccc2c(-c3c(C(C)C)ccc4[nH]ncc34)nc(C)c(CN3CCOC(C)(C)C3)c2c1. The van der Waals surface area contributed by atoms with Gasteiger partial charge in [-0.15, -0.1) is 0 Å². The summed E-state index contributed by atoms with van der Waals surface area (Å²) in [5.74, 6) is 1.22. The smallest absolute Gasteiger partial charge is 0.119 e. The molecule has 4 aromatic rings. The van der Waals surface area contributed by atoms with Crippen molar-refractivity contribution in [2.75, 3.05) is 26.8 Å².